The molecule has 0 saturated heterocycles. The van der Waals surface area contributed by atoms with Crippen molar-refractivity contribution >= 4 is 28.6 Å². The monoisotopic (exact) mass is 479 g/mol. The van der Waals surface area contributed by atoms with Gasteiger partial charge in [0.25, 0.3) is 0 Å². The number of nitrogens with zero attached hydrogens (tertiary/aromatic N) is 1. The number of aliphatic carboxylic acids is 1. The number of benzene rings is 3. The number of aryl methyl sites for hydroxylation is 1. The zero-order chi connectivity index (χ0) is 22.9. The fourth-order valence-corrected chi connectivity index (χ4v) is 4.80. The molecule has 0 aliphatic carbocycles. The zero-order valence-corrected chi connectivity index (χ0v) is 22.2. The minimum absolute atomic E-state index is 0. The van der Waals surface area contributed by atoms with E-state index in [1.165, 1.54) is 17.3 Å². The molecule has 1 aromatic heterocycles. The van der Waals surface area contributed by atoms with Crippen molar-refractivity contribution in [2.24, 2.45) is 0 Å². The Balaban J connectivity index is 0.00000324. The summed E-state index contributed by atoms with van der Waals surface area (Å²) in [5, 5.41) is 12.2. The van der Waals surface area contributed by atoms with Crippen LogP contribution in [0, 0.1) is 0 Å². The maximum atomic E-state index is 11.0. The predicted octanol–water partition coefficient (Wildman–Crippen LogP) is 2.36. The molecule has 0 saturated carbocycles. The van der Waals surface area contributed by atoms with E-state index in [9.17, 15) is 9.90 Å². The Morgan fingerprint density at radius 2 is 1.65 bits per heavy atom. The van der Waals surface area contributed by atoms with E-state index in [1.54, 1.807) is 0 Å². The van der Waals surface area contributed by atoms with E-state index in [4.69, 9.17) is 4.74 Å². The van der Waals surface area contributed by atoms with Crippen molar-refractivity contribution in [1.82, 2.24) is 4.98 Å². The van der Waals surface area contributed by atoms with E-state index in [0.29, 0.717) is 6.61 Å². The molecule has 0 aliphatic rings. The normalized spacial score (nSPS) is 11.5. The molecule has 0 fully saturated rings. The van der Waals surface area contributed by atoms with Gasteiger partial charge in [-0.15, -0.1) is 11.8 Å². The van der Waals surface area contributed by atoms with Gasteiger partial charge in [-0.1, -0.05) is 66.7 Å². The average Bonchev–Trinajstić information content (AvgIpc) is 2.85. The van der Waals surface area contributed by atoms with Crippen molar-refractivity contribution in [1.29, 1.82) is 0 Å². The first kappa shape index (κ1) is 26.3. The Labute approximate surface area is 227 Å². The van der Waals surface area contributed by atoms with Crippen LogP contribution in [0.1, 0.15) is 34.9 Å². The molecule has 0 radical (unpaired) electrons. The Kier molecular flexibility index (Phi) is 10.5. The third-order valence-electron chi connectivity index (χ3n) is 5.47. The largest absolute Gasteiger partial charge is 1.00 e. The van der Waals surface area contributed by atoms with Crippen LogP contribution in [-0.2, 0) is 17.8 Å². The van der Waals surface area contributed by atoms with Gasteiger partial charge in [0.1, 0.15) is 12.4 Å². The summed E-state index contributed by atoms with van der Waals surface area (Å²) in [4.78, 5) is 15.7. The van der Waals surface area contributed by atoms with E-state index in [-0.39, 0.29) is 40.6 Å². The molecular formula is C28H26NNaO3S. The molecule has 4 nitrogen and oxygen atoms in total. The van der Waals surface area contributed by atoms with Gasteiger partial charge in [0, 0.05) is 16.4 Å². The number of pyridine rings is 1. The summed E-state index contributed by atoms with van der Waals surface area (Å²) in [7, 11) is 0. The number of hydrogen-bond donors (Lipinski definition) is 0. The van der Waals surface area contributed by atoms with Crippen molar-refractivity contribution in [3.05, 3.63) is 108 Å². The summed E-state index contributed by atoms with van der Waals surface area (Å²) in [5.41, 5.74) is 4.23. The summed E-state index contributed by atoms with van der Waals surface area (Å²) < 4.78 is 5.94. The molecule has 34 heavy (non-hydrogen) atoms. The van der Waals surface area contributed by atoms with E-state index in [1.807, 2.05) is 72.8 Å². The molecule has 4 aromatic rings. The van der Waals surface area contributed by atoms with E-state index < -0.39 is 5.97 Å². The number of carboxylic acids is 1. The third-order valence-corrected chi connectivity index (χ3v) is 6.78. The number of ether oxygens (including phenoxy) is 1. The Bertz CT molecular complexity index is 1190. The second-order valence-electron chi connectivity index (χ2n) is 7.90. The number of thioether (sulfide) groups is 1. The van der Waals surface area contributed by atoms with Gasteiger partial charge < -0.3 is 14.6 Å². The van der Waals surface area contributed by atoms with Crippen LogP contribution in [-0.4, -0.2) is 16.7 Å². The smallest absolute Gasteiger partial charge is 0.549 e. The van der Waals surface area contributed by atoms with Crippen LogP contribution in [0.3, 0.4) is 0 Å². The van der Waals surface area contributed by atoms with Gasteiger partial charge in [-0.3, -0.25) is 0 Å². The topological polar surface area (TPSA) is 62.2 Å². The number of aromatic nitrogens is 1. The minimum atomic E-state index is -1.03. The number of para-hydroxylation sites is 1. The Hall–Kier alpha value is -2.31. The van der Waals surface area contributed by atoms with Crippen molar-refractivity contribution in [2.45, 2.75) is 31.1 Å². The number of hydrogen-bond acceptors (Lipinski definition) is 5. The summed E-state index contributed by atoms with van der Waals surface area (Å²) >= 11 is 1.42. The Morgan fingerprint density at radius 1 is 0.912 bits per heavy atom. The van der Waals surface area contributed by atoms with E-state index >= 15 is 0 Å². The van der Waals surface area contributed by atoms with Crippen LogP contribution in [0.15, 0.2) is 91.0 Å². The summed E-state index contributed by atoms with van der Waals surface area (Å²) in [6, 6.07) is 30.4. The molecule has 168 valence electrons. The second kappa shape index (κ2) is 13.5. The first-order chi connectivity index (χ1) is 16.2. The first-order valence-corrected chi connectivity index (χ1v) is 12.1. The van der Waals surface area contributed by atoms with E-state index in [0.717, 1.165) is 47.2 Å². The van der Waals surface area contributed by atoms with Crippen LogP contribution in [0.4, 0.5) is 0 Å². The summed E-state index contributed by atoms with van der Waals surface area (Å²) in [5.74, 6) is -0.278. The van der Waals surface area contributed by atoms with Gasteiger partial charge in [0.15, 0.2) is 0 Å². The Morgan fingerprint density at radius 3 is 2.41 bits per heavy atom. The number of fused-ring (bicyclic) bond motifs is 1. The number of carboxylic acid groups (broad SMARTS) is 1. The predicted molar refractivity (Wildman–Crippen MR) is 132 cm³/mol. The third kappa shape index (κ3) is 7.88. The number of carbonyl (C=O) groups excluding carboxylic acids is 1. The van der Waals surface area contributed by atoms with Gasteiger partial charge in [-0.2, -0.15) is 0 Å². The van der Waals surface area contributed by atoms with Crippen LogP contribution < -0.4 is 39.4 Å². The average molecular weight is 480 g/mol. The molecular weight excluding hydrogens is 453 g/mol. The number of rotatable bonds is 11. The number of carbonyl (C=O) groups is 1. The standard InChI is InChI=1S/C28H27NO3S.Na/c30-28(31)20-33-27(12-6-9-21-7-2-1-3-8-21)23-14-17-25(18-15-23)32-19-24-16-13-22-10-4-5-11-26(22)29-24;/h1-5,7-8,10-11,13-18,27H,6,9,12,19-20H2,(H,30,31);/q;+1/p-1. The fraction of sp³-hybridized carbons (Fsp3) is 0.214. The maximum Gasteiger partial charge on any atom is 1.00 e. The second-order valence-corrected chi connectivity index (χ2v) is 9.09. The van der Waals surface area contributed by atoms with Crippen molar-refractivity contribution in [2.75, 3.05) is 5.75 Å². The molecule has 3 aromatic carbocycles. The van der Waals surface area contributed by atoms with Crippen molar-refractivity contribution < 1.29 is 44.2 Å². The fourth-order valence-electron chi connectivity index (χ4n) is 3.78. The molecule has 0 aliphatic heterocycles. The van der Waals surface area contributed by atoms with Gasteiger partial charge in [-0.25, -0.2) is 4.98 Å². The van der Waals surface area contributed by atoms with Crippen molar-refractivity contribution in [3.63, 3.8) is 0 Å². The van der Waals surface area contributed by atoms with Crippen LogP contribution in [0.5, 0.6) is 5.75 Å². The molecule has 4 rings (SSSR count). The SMILES string of the molecule is O=C([O-])CSC(CCCc1ccccc1)c1ccc(OCc2ccc3ccccc3n2)cc1.[Na+]. The molecule has 0 N–H and O–H groups in total. The maximum absolute atomic E-state index is 11.0. The van der Waals surface area contributed by atoms with Gasteiger partial charge in [0.2, 0.25) is 0 Å². The van der Waals surface area contributed by atoms with Crippen LogP contribution >= 0.6 is 11.8 Å². The summed E-state index contributed by atoms with van der Waals surface area (Å²) in [6.45, 7) is 0.393. The molecule has 1 heterocycles. The van der Waals surface area contributed by atoms with Gasteiger partial charge in [-0.05, 0) is 54.7 Å². The molecule has 1 unspecified atom stereocenters. The molecule has 0 amide bonds. The molecule has 1 atom stereocenters. The van der Waals surface area contributed by atoms with Crippen LogP contribution in [0.2, 0.25) is 0 Å². The first-order valence-electron chi connectivity index (χ1n) is 11.1. The molecule has 6 heteroatoms. The quantitative estimate of drug-likeness (QED) is 0.309. The van der Waals surface area contributed by atoms with Gasteiger partial charge in [0.05, 0.1) is 17.2 Å². The van der Waals surface area contributed by atoms with Crippen LogP contribution in [0.25, 0.3) is 10.9 Å². The zero-order valence-electron chi connectivity index (χ0n) is 19.4. The van der Waals surface area contributed by atoms with Gasteiger partial charge >= 0.3 is 29.6 Å². The molecule has 0 bridgehead atoms. The minimum Gasteiger partial charge on any atom is -0.549 e. The van der Waals surface area contributed by atoms with E-state index in [2.05, 4.69) is 23.2 Å². The van der Waals surface area contributed by atoms with Crippen molar-refractivity contribution in [3.8, 4) is 5.75 Å². The summed E-state index contributed by atoms with van der Waals surface area (Å²) in [6.07, 6.45) is 2.86. The molecule has 0 spiro atoms.